The Bertz CT molecular complexity index is 829. The van der Waals surface area contributed by atoms with Crippen molar-refractivity contribution in [3.05, 3.63) is 72.6 Å². The van der Waals surface area contributed by atoms with Crippen LogP contribution >= 0.6 is 0 Å². The SMILES string of the molecule is CC1(C)CC=C(c2nc(-c3ccccc3)c(-c3ccccc3)[nH]2)CC1. The normalized spacial score (nSPS) is 16.5. The molecule has 2 aromatic carbocycles. The second-order valence-corrected chi connectivity index (χ2v) is 7.64. The van der Waals surface area contributed by atoms with Crippen molar-refractivity contribution in [3.63, 3.8) is 0 Å². The number of nitrogens with one attached hydrogen (secondary N) is 1. The van der Waals surface area contributed by atoms with Crippen LogP contribution in [0.3, 0.4) is 0 Å². The molecule has 0 fully saturated rings. The van der Waals surface area contributed by atoms with E-state index in [1.54, 1.807) is 0 Å². The number of hydrogen-bond acceptors (Lipinski definition) is 1. The van der Waals surface area contributed by atoms with Crippen molar-refractivity contribution in [1.82, 2.24) is 9.97 Å². The molecule has 0 spiro atoms. The third-order valence-corrected chi connectivity index (χ3v) is 5.09. The Kier molecular flexibility index (Phi) is 4.04. The maximum atomic E-state index is 5.00. The van der Waals surface area contributed by atoms with Crippen molar-refractivity contribution in [2.75, 3.05) is 0 Å². The lowest BCUT2D eigenvalue weighted by atomic mass is 9.78. The summed E-state index contributed by atoms with van der Waals surface area (Å²) in [6.45, 7) is 4.68. The standard InChI is InChI=1S/C23H24N2/c1-23(2)15-13-19(14-16-23)22-24-20(17-9-5-3-6-10-17)21(25-22)18-11-7-4-8-12-18/h3-13H,14-16H2,1-2H3,(H,24,25). The monoisotopic (exact) mass is 328 g/mol. The molecule has 0 atom stereocenters. The van der Waals surface area contributed by atoms with E-state index in [2.05, 4.69) is 79.5 Å². The summed E-state index contributed by atoms with van der Waals surface area (Å²) >= 11 is 0. The molecule has 25 heavy (non-hydrogen) atoms. The number of H-pyrrole nitrogens is 1. The Morgan fingerprint density at radius 1 is 0.880 bits per heavy atom. The van der Waals surface area contributed by atoms with Gasteiger partial charge in [-0.05, 0) is 30.3 Å². The fourth-order valence-corrected chi connectivity index (χ4v) is 3.44. The number of hydrogen-bond donors (Lipinski definition) is 1. The van der Waals surface area contributed by atoms with E-state index in [4.69, 9.17) is 4.98 Å². The third-order valence-electron chi connectivity index (χ3n) is 5.09. The number of benzene rings is 2. The number of imidazole rings is 1. The largest absolute Gasteiger partial charge is 0.338 e. The van der Waals surface area contributed by atoms with Gasteiger partial charge in [0.05, 0.1) is 11.4 Å². The van der Waals surface area contributed by atoms with Crippen LogP contribution < -0.4 is 0 Å². The first kappa shape index (κ1) is 15.9. The molecule has 0 aliphatic heterocycles. The highest BCUT2D eigenvalue weighted by Crippen LogP contribution is 2.39. The number of aromatic amines is 1. The van der Waals surface area contributed by atoms with E-state index < -0.39 is 0 Å². The first-order chi connectivity index (χ1) is 12.1. The van der Waals surface area contributed by atoms with Crippen molar-refractivity contribution in [2.45, 2.75) is 33.1 Å². The van der Waals surface area contributed by atoms with Crippen LogP contribution in [0, 0.1) is 5.41 Å². The molecule has 0 radical (unpaired) electrons. The Morgan fingerprint density at radius 3 is 2.12 bits per heavy atom. The quantitative estimate of drug-likeness (QED) is 0.597. The second-order valence-electron chi connectivity index (χ2n) is 7.64. The highest BCUT2D eigenvalue weighted by atomic mass is 14.9. The summed E-state index contributed by atoms with van der Waals surface area (Å²) in [4.78, 5) is 8.62. The molecule has 3 aromatic rings. The maximum Gasteiger partial charge on any atom is 0.134 e. The molecule has 0 bridgehead atoms. The Balaban J connectivity index is 1.81. The first-order valence-corrected chi connectivity index (χ1v) is 9.03. The van der Waals surface area contributed by atoms with Gasteiger partial charge >= 0.3 is 0 Å². The molecule has 126 valence electrons. The van der Waals surface area contributed by atoms with Gasteiger partial charge in [0.1, 0.15) is 5.82 Å². The second kappa shape index (κ2) is 6.36. The Hall–Kier alpha value is -2.61. The molecule has 0 unspecified atom stereocenters. The maximum absolute atomic E-state index is 5.00. The number of nitrogens with zero attached hydrogens (tertiary/aromatic N) is 1. The number of rotatable bonds is 3. The molecule has 4 rings (SSSR count). The van der Waals surface area contributed by atoms with E-state index >= 15 is 0 Å². The van der Waals surface area contributed by atoms with Crippen molar-refractivity contribution < 1.29 is 0 Å². The molecule has 0 amide bonds. The highest BCUT2D eigenvalue weighted by molar-refractivity contribution is 5.80. The van der Waals surface area contributed by atoms with Gasteiger partial charge in [0.25, 0.3) is 0 Å². The van der Waals surface area contributed by atoms with Crippen LogP contribution in [0.5, 0.6) is 0 Å². The highest BCUT2D eigenvalue weighted by Gasteiger charge is 2.24. The molecule has 0 saturated carbocycles. The average Bonchev–Trinajstić information content (AvgIpc) is 3.08. The van der Waals surface area contributed by atoms with Gasteiger partial charge in [-0.25, -0.2) is 4.98 Å². The van der Waals surface area contributed by atoms with Crippen molar-refractivity contribution in [3.8, 4) is 22.5 Å². The van der Waals surface area contributed by atoms with Crippen molar-refractivity contribution >= 4 is 5.57 Å². The smallest absolute Gasteiger partial charge is 0.134 e. The summed E-state index contributed by atoms with van der Waals surface area (Å²) < 4.78 is 0. The molecular weight excluding hydrogens is 304 g/mol. The van der Waals surface area contributed by atoms with E-state index in [9.17, 15) is 0 Å². The minimum atomic E-state index is 0.403. The molecule has 1 aromatic heterocycles. The fourth-order valence-electron chi connectivity index (χ4n) is 3.44. The van der Waals surface area contributed by atoms with Gasteiger partial charge in [-0.2, -0.15) is 0 Å². The summed E-state index contributed by atoms with van der Waals surface area (Å²) in [7, 11) is 0. The zero-order valence-electron chi connectivity index (χ0n) is 14.9. The van der Waals surface area contributed by atoms with E-state index in [1.165, 1.54) is 17.6 Å². The van der Waals surface area contributed by atoms with Gasteiger partial charge < -0.3 is 4.98 Å². The molecular formula is C23H24N2. The fraction of sp³-hybridized carbons (Fsp3) is 0.261. The van der Waals surface area contributed by atoms with E-state index in [1.807, 2.05) is 6.07 Å². The summed E-state index contributed by atoms with van der Waals surface area (Å²) in [5.74, 6) is 1.02. The summed E-state index contributed by atoms with van der Waals surface area (Å²) in [5.41, 5.74) is 6.22. The van der Waals surface area contributed by atoms with Crippen LogP contribution in [0.1, 0.15) is 38.9 Å². The van der Waals surface area contributed by atoms with E-state index in [0.29, 0.717) is 5.41 Å². The van der Waals surface area contributed by atoms with Gasteiger partial charge in [-0.3, -0.25) is 0 Å². The molecule has 1 N–H and O–H groups in total. The lowest BCUT2D eigenvalue weighted by molar-refractivity contribution is 0.334. The molecule has 2 nitrogen and oxygen atoms in total. The van der Waals surface area contributed by atoms with Crippen molar-refractivity contribution in [2.24, 2.45) is 5.41 Å². The number of allylic oxidation sites excluding steroid dienone is 2. The van der Waals surface area contributed by atoms with Crippen LogP contribution in [0.25, 0.3) is 28.1 Å². The number of aromatic nitrogens is 2. The van der Waals surface area contributed by atoms with Gasteiger partial charge in [-0.15, -0.1) is 0 Å². The molecule has 1 aliphatic rings. The van der Waals surface area contributed by atoms with Crippen molar-refractivity contribution in [1.29, 1.82) is 0 Å². The van der Waals surface area contributed by atoms with Gasteiger partial charge in [0, 0.05) is 11.1 Å². The molecule has 0 saturated heterocycles. The minimum absolute atomic E-state index is 0.403. The zero-order valence-corrected chi connectivity index (χ0v) is 14.9. The van der Waals surface area contributed by atoms with Gasteiger partial charge in [0.15, 0.2) is 0 Å². The predicted octanol–water partition coefficient (Wildman–Crippen LogP) is 6.34. The van der Waals surface area contributed by atoms with Gasteiger partial charge in [0.2, 0.25) is 0 Å². The van der Waals surface area contributed by atoms with Crippen LogP contribution in [0.15, 0.2) is 66.7 Å². The molecule has 1 aliphatic carbocycles. The Labute approximate surface area is 149 Å². The topological polar surface area (TPSA) is 28.7 Å². The first-order valence-electron chi connectivity index (χ1n) is 9.03. The lowest BCUT2D eigenvalue weighted by Gasteiger charge is -2.27. The summed E-state index contributed by atoms with van der Waals surface area (Å²) in [5, 5.41) is 0. The van der Waals surface area contributed by atoms with E-state index in [0.717, 1.165) is 35.6 Å². The van der Waals surface area contributed by atoms with Crippen LogP contribution in [0.2, 0.25) is 0 Å². The average molecular weight is 328 g/mol. The third kappa shape index (κ3) is 3.30. The molecule has 1 heterocycles. The lowest BCUT2D eigenvalue weighted by Crippen LogP contribution is -2.14. The van der Waals surface area contributed by atoms with Crippen LogP contribution in [-0.4, -0.2) is 9.97 Å². The van der Waals surface area contributed by atoms with Gasteiger partial charge in [-0.1, -0.05) is 80.6 Å². The van der Waals surface area contributed by atoms with Crippen LogP contribution in [0.4, 0.5) is 0 Å². The van der Waals surface area contributed by atoms with Crippen LogP contribution in [-0.2, 0) is 0 Å². The Morgan fingerprint density at radius 2 is 1.52 bits per heavy atom. The molecule has 2 heteroatoms. The minimum Gasteiger partial charge on any atom is -0.338 e. The zero-order chi connectivity index (χ0) is 17.3. The summed E-state index contributed by atoms with van der Waals surface area (Å²) in [6.07, 6.45) is 5.78. The van der Waals surface area contributed by atoms with E-state index in [-0.39, 0.29) is 0 Å². The predicted molar refractivity (Wildman–Crippen MR) is 105 cm³/mol. The summed E-state index contributed by atoms with van der Waals surface area (Å²) in [6, 6.07) is 20.9.